The summed E-state index contributed by atoms with van der Waals surface area (Å²) >= 11 is 0. The Morgan fingerprint density at radius 1 is 1.24 bits per heavy atom. The number of rotatable bonds is 8. The number of ether oxygens (including phenoxy) is 2. The van der Waals surface area contributed by atoms with Gasteiger partial charge in [0.2, 0.25) is 10.0 Å². The Labute approximate surface area is 123 Å². The zero-order chi connectivity index (χ0) is 16.0. The van der Waals surface area contributed by atoms with E-state index in [1.165, 1.54) is 20.3 Å². The lowest BCUT2D eigenvalue weighted by Crippen LogP contribution is -2.18. The van der Waals surface area contributed by atoms with Crippen LogP contribution in [0.1, 0.15) is 18.4 Å². The number of carboxylic acid groups (broad SMARTS) is 1. The second kappa shape index (κ2) is 7.16. The molecule has 0 aliphatic heterocycles. The van der Waals surface area contributed by atoms with Crippen molar-refractivity contribution in [2.45, 2.75) is 19.8 Å². The van der Waals surface area contributed by atoms with Crippen LogP contribution in [-0.2, 0) is 14.8 Å². The highest BCUT2D eigenvalue weighted by molar-refractivity contribution is 7.92. The first-order valence-electron chi connectivity index (χ1n) is 6.24. The molecule has 0 amide bonds. The third kappa shape index (κ3) is 5.14. The van der Waals surface area contributed by atoms with Gasteiger partial charge in [-0.25, -0.2) is 8.42 Å². The molecule has 0 saturated carbocycles. The largest absolute Gasteiger partial charge is 0.493 e. The maximum atomic E-state index is 11.9. The quantitative estimate of drug-likeness (QED) is 0.755. The van der Waals surface area contributed by atoms with Crippen LogP contribution in [0.2, 0.25) is 0 Å². The number of nitrogens with one attached hydrogen (secondary N) is 1. The number of carbonyl (C=O) groups is 1. The first kappa shape index (κ1) is 17.1. The van der Waals surface area contributed by atoms with Crippen molar-refractivity contribution < 1.29 is 27.8 Å². The minimum absolute atomic E-state index is 0.0526. The fourth-order valence-electron chi connectivity index (χ4n) is 1.72. The van der Waals surface area contributed by atoms with Crippen molar-refractivity contribution in [3.05, 3.63) is 17.7 Å². The molecule has 0 aliphatic rings. The van der Waals surface area contributed by atoms with Gasteiger partial charge in [0.05, 0.1) is 25.7 Å². The van der Waals surface area contributed by atoms with Crippen molar-refractivity contribution in [3.63, 3.8) is 0 Å². The van der Waals surface area contributed by atoms with Crippen molar-refractivity contribution >= 4 is 21.7 Å². The number of sulfonamides is 1. The molecule has 1 rings (SSSR count). The minimum Gasteiger partial charge on any atom is -0.493 e. The van der Waals surface area contributed by atoms with E-state index >= 15 is 0 Å². The molecule has 7 nitrogen and oxygen atoms in total. The first-order chi connectivity index (χ1) is 9.79. The van der Waals surface area contributed by atoms with Gasteiger partial charge in [-0.05, 0) is 25.0 Å². The van der Waals surface area contributed by atoms with Gasteiger partial charge in [-0.1, -0.05) is 0 Å². The molecule has 1 aromatic rings. The molecular formula is C13H19NO6S. The predicted molar refractivity (Wildman–Crippen MR) is 78.6 cm³/mol. The molecule has 21 heavy (non-hydrogen) atoms. The number of aliphatic carboxylic acids is 1. The summed E-state index contributed by atoms with van der Waals surface area (Å²) in [5.41, 5.74) is 1.05. The maximum Gasteiger partial charge on any atom is 0.303 e. The zero-order valence-electron chi connectivity index (χ0n) is 12.2. The average molecular weight is 317 g/mol. The smallest absolute Gasteiger partial charge is 0.303 e. The molecule has 0 radical (unpaired) electrons. The summed E-state index contributed by atoms with van der Waals surface area (Å²) in [5, 5.41) is 8.52. The van der Waals surface area contributed by atoms with Crippen molar-refractivity contribution in [1.82, 2.24) is 0 Å². The first-order valence-corrected chi connectivity index (χ1v) is 7.89. The molecule has 0 heterocycles. The summed E-state index contributed by atoms with van der Waals surface area (Å²) in [7, 11) is -0.657. The number of anilines is 1. The standard InChI is InChI=1S/C13H19NO6S/c1-9-7-11(19-2)12(20-3)8-10(9)14-21(17,18)6-4-5-13(15)16/h7-8,14H,4-6H2,1-3H3,(H,15,16). The summed E-state index contributed by atoms with van der Waals surface area (Å²) in [6.07, 6.45) is -0.136. The number of carboxylic acids is 1. The average Bonchev–Trinajstić information content (AvgIpc) is 2.39. The van der Waals surface area contributed by atoms with E-state index in [2.05, 4.69) is 4.72 Å². The summed E-state index contributed by atoms with van der Waals surface area (Å²) in [6.45, 7) is 1.73. The number of hydrogen-bond acceptors (Lipinski definition) is 5. The van der Waals surface area contributed by atoms with Gasteiger partial charge in [0.15, 0.2) is 11.5 Å². The third-order valence-corrected chi connectivity index (χ3v) is 4.16. The molecule has 1 aromatic carbocycles. The highest BCUT2D eigenvalue weighted by atomic mass is 32.2. The highest BCUT2D eigenvalue weighted by Gasteiger charge is 2.15. The molecule has 0 bridgehead atoms. The lowest BCUT2D eigenvalue weighted by atomic mass is 10.2. The van der Waals surface area contributed by atoms with Crippen LogP contribution in [0.15, 0.2) is 12.1 Å². The van der Waals surface area contributed by atoms with E-state index in [9.17, 15) is 13.2 Å². The van der Waals surface area contributed by atoms with Gasteiger partial charge in [-0.15, -0.1) is 0 Å². The molecule has 0 fully saturated rings. The Morgan fingerprint density at radius 3 is 2.33 bits per heavy atom. The van der Waals surface area contributed by atoms with E-state index in [-0.39, 0.29) is 18.6 Å². The molecule has 0 aliphatic carbocycles. The summed E-state index contributed by atoms with van der Waals surface area (Å²) in [6, 6.07) is 3.19. The van der Waals surface area contributed by atoms with Crippen molar-refractivity contribution in [2.24, 2.45) is 0 Å². The van der Waals surface area contributed by atoms with Crippen LogP contribution in [0.4, 0.5) is 5.69 Å². The van der Waals surface area contributed by atoms with Crippen LogP contribution in [0.3, 0.4) is 0 Å². The second-order valence-corrected chi connectivity index (χ2v) is 6.28. The molecule has 2 N–H and O–H groups in total. The Bertz CT molecular complexity index is 611. The van der Waals surface area contributed by atoms with E-state index in [0.29, 0.717) is 22.7 Å². The summed E-state index contributed by atoms with van der Waals surface area (Å²) in [4.78, 5) is 10.4. The number of hydrogen-bond donors (Lipinski definition) is 2. The Kier molecular flexibility index (Phi) is 5.83. The number of methoxy groups -OCH3 is 2. The Hall–Kier alpha value is -1.96. The lowest BCUT2D eigenvalue weighted by molar-refractivity contribution is -0.137. The highest BCUT2D eigenvalue weighted by Crippen LogP contribution is 2.33. The molecule has 0 unspecified atom stereocenters. The molecule has 118 valence electrons. The van der Waals surface area contributed by atoms with E-state index in [1.54, 1.807) is 13.0 Å². The van der Waals surface area contributed by atoms with Crippen LogP contribution in [0.5, 0.6) is 11.5 Å². The van der Waals surface area contributed by atoms with Crippen molar-refractivity contribution in [2.75, 3.05) is 24.7 Å². The Balaban J connectivity index is 2.89. The number of aryl methyl sites for hydroxylation is 1. The van der Waals surface area contributed by atoms with E-state index in [4.69, 9.17) is 14.6 Å². The van der Waals surface area contributed by atoms with E-state index in [0.717, 1.165) is 0 Å². The molecular weight excluding hydrogens is 298 g/mol. The van der Waals surface area contributed by atoms with Gasteiger partial charge in [-0.3, -0.25) is 9.52 Å². The third-order valence-electron chi connectivity index (χ3n) is 2.80. The normalized spacial score (nSPS) is 11.0. The SMILES string of the molecule is COc1cc(C)c(NS(=O)(=O)CCCC(=O)O)cc1OC. The Morgan fingerprint density at radius 2 is 1.81 bits per heavy atom. The van der Waals surface area contributed by atoms with Gasteiger partial charge in [-0.2, -0.15) is 0 Å². The van der Waals surface area contributed by atoms with Gasteiger partial charge >= 0.3 is 5.97 Å². The van der Waals surface area contributed by atoms with Gasteiger partial charge in [0, 0.05) is 12.5 Å². The second-order valence-electron chi connectivity index (χ2n) is 4.44. The fourth-order valence-corrected chi connectivity index (χ4v) is 2.90. The number of benzene rings is 1. The van der Waals surface area contributed by atoms with Crippen LogP contribution in [0, 0.1) is 6.92 Å². The molecule has 0 atom stereocenters. The summed E-state index contributed by atoms with van der Waals surface area (Å²) in [5.74, 6) is -0.366. The van der Waals surface area contributed by atoms with Gasteiger partial charge < -0.3 is 14.6 Å². The lowest BCUT2D eigenvalue weighted by Gasteiger charge is -2.14. The van der Waals surface area contributed by atoms with E-state index < -0.39 is 16.0 Å². The van der Waals surface area contributed by atoms with Crippen molar-refractivity contribution in [1.29, 1.82) is 0 Å². The molecule has 0 saturated heterocycles. The van der Waals surface area contributed by atoms with Gasteiger partial charge in [0.25, 0.3) is 0 Å². The predicted octanol–water partition coefficient (Wildman–Crippen LogP) is 1.62. The molecule has 8 heteroatoms. The van der Waals surface area contributed by atoms with Gasteiger partial charge in [0.1, 0.15) is 0 Å². The van der Waals surface area contributed by atoms with E-state index in [1.807, 2.05) is 0 Å². The topological polar surface area (TPSA) is 102 Å². The van der Waals surface area contributed by atoms with Crippen molar-refractivity contribution in [3.8, 4) is 11.5 Å². The molecule has 0 spiro atoms. The monoisotopic (exact) mass is 317 g/mol. The van der Waals surface area contributed by atoms with Crippen LogP contribution < -0.4 is 14.2 Å². The van der Waals surface area contributed by atoms with Crippen LogP contribution in [-0.4, -0.2) is 39.5 Å². The zero-order valence-corrected chi connectivity index (χ0v) is 13.0. The fraction of sp³-hybridized carbons (Fsp3) is 0.462. The minimum atomic E-state index is -3.61. The maximum absolute atomic E-state index is 11.9. The summed E-state index contributed by atoms with van der Waals surface area (Å²) < 4.78 is 36.5. The van der Waals surface area contributed by atoms with Crippen LogP contribution >= 0.6 is 0 Å². The molecule has 0 aromatic heterocycles. The van der Waals surface area contributed by atoms with Crippen LogP contribution in [0.25, 0.3) is 0 Å².